The minimum Gasteiger partial charge on any atom is -0.345 e. The van der Waals surface area contributed by atoms with E-state index in [-0.39, 0.29) is 41.6 Å². The van der Waals surface area contributed by atoms with Gasteiger partial charge in [-0.2, -0.15) is 4.31 Å². The lowest BCUT2D eigenvalue weighted by molar-refractivity contribution is -0.128. The number of ketones is 1. The van der Waals surface area contributed by atoms with Crippen molar-refractivity contribution in [3.8, 4) is 0 Å². The topological polar surface area (TPSA) is 122 Å². The normalized spacial score (nSPS) is 23.1. The van der Waals surface area contributed by atoms with Gasteiger partial charge in [0, 0.05) is 12.7 Å². The molecule has 0 bridgehead atoms. The quantitative estimate of drug-likeness (QED) is 0.723. The highest BCUT2D eigenvalue weighted by atomic mass is 32.2. The van der Waals surface area contributed by atoms with Crippen molar-refractivity contribution in [2.45, 2.75) is 50.7 Å². The number of nitrogens with one attached hydrogen (secondary N) is 1. The van der Waals surface area contributed by atoms with Gasteiger partial charge in [-0.25, -0.2) is 13.4 Å². The molecule has 1 saturated heterocycles. The van der Waals surface area contributed by atoms with Crippen molar-refractivity contribution in [1.29, 1.82) is 0 Å². The second-order valence-electron chi connectivity index (χ2n) is 7.57. The molecule has 9 heteroatoms. The molecule has 1 aromatic heterocycles. The molecule has 3 atom stereocenters. The van der Waals surface area contributed by atoms with Crippen molar-refractivity contribution in [3.05, 3.63) is 24.4 Å². The molecule has 27 heavy (non-hydrogen) atoms. The number of rotatable bonds is 6. The van der Waals surface area contributed by atoms with E-state index in [2.05, 4.69) is 10.3 Å². The van der Waals surface area contributed by atoms with E-state index in [9.17, 15) is 18.0 Å². The summed E-state index contributed by atoms with van der Waals surface area (Å²) in [5.74, 6) is -0.575. The summed E-state index contributed by atoms with van der Waals surface area (Å²) in [5.41, 5.74) is 5.89. The van der Waals surface area contributed by atoms with Gasteiger partial charge in [0.05, 0.1) is 18.6 Å². The number of carbonyl (C=O) groups is 2. The van der Waals surface area contributed by atoms with Crippen LogP contribution in [0.5, 0.6) is 0 Å². The molecule has 1 aliphatic heterocycles. The molecule has 0 unspecified atom stereocenters. The lowest BCUT2D eigenvalue weighted by Gasteiger charge is -2.20. The van der Waals surface area contributed by atoms with Crippen LogP contribution in [0.1, 0.15) is 33.6 Å². The summed E-state index contributed by atoms with van der Waals surface area (Å²) in [4.78, 5) is 28.8. The molecule has 1 aliphatic rings. The van der Waals surface area contributed by atoms with Crippen molar-refractivity contribution in [3.63, 3.8) is 0 Å². The van der Waals surface area contributed by atoms with Gasteiger partial charge in [0.1, 0.15) is 0 Å². The monoisotopic (exact) mass is 396 g/mol. The first-order chi connectivity index (χ1) is 12.6. The van der Waals surface area contributed by atoms with Gasteiger partial charge in [-0.15, -0.1) is 0 Å². The van der Waals surface area contributed by atoms with Crippen LogP contribution in [-0.2, 0) is 19.6 Å². The van der Waals surface area contributed by atoms with Gasteiger partial charge in [-0.3, -0.25) is 9.59 Å². The van der Waals surface area contributed by atoms with Gasteiger partial charge in [-0.1, -0.05) is 26.8 Å². The number of hydrogen-bond acceptors (Lipinski definition) is 6. The van der Waals surface area contributed by atoms with Gasteiger partial charge in [-0.05, 0) is 36.8 Å². The molecule has 0 aromatic carbocycles. The highest BCUT2D eigenvalue weighted by Crippen LogP contribution is 2.21. The van der Waals surface area contributed by atoms with E-state index in [0.29, 0.717) is 12.8 Å². The summed E-state index contributed by atoms with van der Waals surface area (Å²) >= 11 is 0. The van der Waals surface area contributed by atoms with Gasteiger partial charge >= 0.3 is 0 Å². The van der Waals surface area contributed by atoms with Crippen LogP contribution in [0.15, 0.2) is 29.4 Å². The van der Waals surface area contributed by atoms with Crippen molar-refractivity contribution in [1.82, 2.24) is 14.6 Å². The smallest absolute Gasteiger partial charge is 0.260 e. The Morgan fingerprint density at radius 2 is 2.11 bits per heavy atom. The third-order valence-electron chi connectivity index (χ3n) is 4.49. The first-order valence-electron chi connectivity index (χ1n) is 9.11. The molecule has 0 spiro atoms. The Bertz CT molecular complexity index is 767. The highest BCUT2D eigenvalue weighted by molar-refractivity contribution is 7.89. The summed E-state index contributed by atoms with van der Waals surface area (Å²) in [5, 5.41) is 2.61. The Hall–Kier alpha value is -1.84. The Labute approximate surface area is 160 Å². The zero-order valence-corrected chi connectivity index (χ0v) is 16.8. The predicted molar refractivity (Wildman–Crippen MR) is 101 cm³/mol. The minimum atomic E-state index is -3.87. The highest BCUT2D eigenvalue weighted by Gasteiger charge is 2.36. The van der Waals surface area contributed by atoms with E-state index in [1.54, 1.807) is 12.1 Å². The van der Waals surface area contributed by atoms with Gasteiger partial charge in [0.15, 0.2) is 10.8 Å². The lowest BCUT2D eigenvalue weighted by Crippen LogP contribution is -2.50. The number of nitrogens with zero attached hydrogens (tertiary/aromatic N) is 2. The molecule has 8 nitrogen and oxygen atoms in total. The number of amides is 1. The predicted octanol–water partition coefficient (Wildman–Crippen LogP) is 0.539. The van der Waals surface area contributed by atoms with E-state index < -0.39 is 22.1 Å². The maximum atomic E-state index is 12.8. The lowest BCUT2D eigenvalue weighted by atomic mass is 9.99. The maximum Gasteiger partial charge on any atom is 0.260 e. The van der Waals surface area contributed by atoms with E-state index in [1.165, 1.54) is 12.3 Å². The molecule has 2 rings (SSSR count). The standard InChI is InChI=1S/C18H28N4O4S/c1-12(2)8-14(19)18(24)21-15-9-13(3)10-22(11-16(15)23)27(25,26)17-6-4-5-7-20-17/h4-7,12-15H,8-11,19H2,1-3H3,(H,21,24)/t13-,14-,15-/m0/s1. The fraction of sp³-hybridized carbons (Fsp3) is 0.611. The third-order valence-corrected chi connectivity index (χ3v) is 6.22. The molecule has 1 fully saturated rings. The van der Waals surface area contributed by atoms with Crippen molar-refractivity contribution < 1.29 is 18.0 Å². The molecule has 0 aliphatic carbocycles. The van der Waals surface area contributed by atoms with Crippen molar-refractivity contribution in [2.75, 3.05) is 13.1 Å². The van der Waals surface area contributed by atoms with Crippen LogP contribution in [0.2, 0.25) is 0 Å². The molecule has 1 aromatic rings. The molecule has 150 valence electrons. The number of hydrogen-bond donors (Lipinski definition) is 2. The number of carbonyl (C=O) groups excluding carboxylic acids is 2. The van der Waals surface area contributed by atoms with Gasteiger partial charge in [0.2, 0.25) is 5.91 Å². The Kier molecular flexibility index (Phi) is 7.07. The van der Waals surface area contributed by atoms with E-state index in [0.717, 1.165) is 4.31 Å². The third kappa shape index (κ3) is 5.57. The fourth-order valence-corrected chi connectivity index (χ4v) is 4.61. The SMILES string of the molecule is CC(C)C[C@H](N)C(=O)N[C@H]1C[C@H](C)CN(S(=O)(=O)c2ccccn2)CC1=O. The Balaban J connectivity index is 2.13. The van der Waals surface area contributed by atoms with Crippen LogP contribution in [0.3, 0.4) is 0 Å². The molecular formula is C18H28N4O4S. The molecule has 3 N–H and O–H groups in total. The minimum absolute atomic E-state index is 0.0913. The first kappa shape index (κ1) is 21.5. The molecule has 0 saturated carbocycles. The zero-order valence-electron chi connectivity index (χ0n) is 16.0. The number of nitrogens with two attached hydrogens (primary N) is 1. The average Bonchev–Trinajstić information content (AvgIpc) is 2.74. The van der Waals surface area contributed by atoms with E-state index in [1.807, 2.05) is 20.8 Å². The van der Waals surface area contributed by atoms with Crippen LogP contribution in [0, 0.1) is 11.8 Å². The molecule has 2 heterocycles. The fourth-order valence-electron chi connectivity index (χ4n) is 3.15. The summed E-state index contributed by atoms with van der Waals surface area (Å²) in [6, 6.07) is 3.18. The van der Waals surface area contributed by atoms with Crippen LogP contribution in [-0.4, -0.2) is 54.6 Å². The second-order valence-corrected chi connectivity index (χ2v) is 9.45. The average molecular weight is 397 g/mol. The number of aromatic nitrogens is 1. The first-order valence-corrected chi connectivity index (χ1v) is 10.5. The number of pyridine rings is 1. The maximum absolute atomic E-state index is 12.8. The zero-order chi connectivity index (χ0) is 20.2. The number of Topliss-reactive ketones (excluding diaryl/α,β-unsaturated/α-hetero) is 1. The Morgan fingerprint density at radius 3 is 2.70 bits per heavy atom. The van der Waals surface area contributed by atoms with E-state index in [4.69, 9.17) is 5.73 Å². The van der Waals surface area contributed by atoms with Crippen molar-refractivity contribution in [2.24, 2.45) is 17.6 Å². The second kappa shape index (κ2) is 8.90. The van der Waals surface area contributed by atoms with Gasteiger partial charge < -0.3 is 11.1 Å². The van der Waals surface area contributed by atoms with Crippen LogP contribution in [0.25, 0.3) is 0 Å². The largest absolute Gasteiger partial charge is 0.345 e. The van der Waals surface area contributed by atoms with Gasteiger partial charge in [0.25, 0.3) is 10.0 Å². The summed E-state index contributed by atoms with van der Waals surface area (Å²) in [6.07, 6.45) is 2.28. The molecule has 1 amide bonds. The van der Waals surface area contributed by atoms with Crippen LogP contribution in [0.4, 0.5) is 0 Å². The summed E-state index contributed by atoms with van der Waals surface area (Å²) in [7, 11) is -3.87. The Morgan fingerprint density at radius 1 is 1.41 bits per heavy atom. The van der Waals surface area contributed by atoms with Crippen LogP contribution >= 0.6 is 0 Å². The molecular weight excluding hydrogens is 368 g/mol. The van der Waals surface area contributed by atoms with Crippen LogP contribution < -0.4 is 11.1 Å². The molecule has 0 radical (unpaired) electrons. The summed E-state index contributed by atoms with van der Waals surface area (Å²) < 4.78 is 26.7. The van der Waals surface area contributed by atoms with E-state index >= 15 is 0 Å². The summed E-state index contributed by atoms with van der Waals surface area (Å²) in [6.45, 7) is 5.67. The van der Waals surface area contributed by atoms with Crippen molar-refractivity contribution >= 4 is 21.7 Å². The number of sulfonamides is 1.